The van der Waals surface area contributed by atoms with Gasteiger partial charge in [-0.3, -0.25) is 9.36 Å². The second-order valence-corrected chi connectivity index (χ2v) is 6.01. The van der Waals surface area contributed by atoms with Gasteiger partial charge in [0.15, 0.2) is 0 Å². The van der Waals surface area contributed by atoms with Gasteiger partial charge in [0.25, 0.3) is 5.91 Å². The van der Waals surface area contributed by atoms with Crippen LogP contribution in [-0.4, -0.2) is 44.2 Å². The minimum Gasteiger partial charge on any atom is -0.348 e. The fourth-order valence-electron chi connectivity index (χ4n) is 2.91. The lowest BCUT2D eigenvalue weighted by atomic mass is 9.93. The molecule has 2 aromatic rings. The van der Waals surface area contributed by atoms with E-state index in [0.29, 0.717) is 37.3 Å². The molecular formula is C16H19F2N5O2. The van der Waals surface area contributed by atoms with Crippen molar-refractivity contribution in [3.8, 4) is 5.95 Å². The molecule has 0 radical (unpaired) electrons. The van der Waals surface area contributed by atoms with E-state index < -0.39 is 12.7 Å². The number of carbonyl (C=O) groups is 1. The summed E-state index contributed by atoms with van der Waals surface area (Å²) in [4.78, 5) is 25.0. The molecule has 1 aliphatic carbocycles. The van der Waals surface area contributed by atoms with E-state index >= 15 is 0 Å². The number of hydrogen-bond acceptors (Lipinski definition) is 5. The first-order valence-electron chi connectivity index (χ1n) is 8.10. The maximum atomic E-state index is 12.5. The van der Waals surface area contributed by atoms with Gasteiger partial charge in [0, 0.05) is 24.1 Å². The van der Waals surface area contributed by atoms with Crippen LogP contribution in [0.25, 0.3) is 5.95 Å². The molecule has 0 spiro atoms. The van der Waals surface area contributed by atoms with Crippen LogP contribution in [0.4, 0.5) is 8.78 Å². The summed E-state index contributed by atoms with van der Waals surface area (Å²) >= 11 is 0. The standard InChI is InChI=1S/C16H19F2N5O2/c1-10-8-13(22-16(20-10)23-7-6-19-9-23)14(24)21-11-2-4-12(5-3-11)25-15(17)18/h6-9,11-12,15H,2-5H2,1H3,(H,21,24)/t11-,12-. The predicted molar refractivity (Wildman–Crippen MR) is 84.5 cm³/mol. The zero-order valence-corrected chi connectivity index (χ0v) is 13.7. The average molecular weight is 351 g/mol. The highest BCUT2D eigenvalue weighted by atomic mass is 19.3. The van der Waals surface area contributed by atoms with Gasteiger partial charge in [-0.2, -0.15) is 8.78 Å². The van der Waals surface area contributed by atoms with Crippen molar-refractivity contribution < 1.29 is 18.3 Å². The van der Waals surface area contributed by atoms with Crippen LogP contribution < -0.4 is 5.32 Å². The number of aromatic nitrogens is 4. The molecule has 3 rings (SSSR count). The predicted octanol–water partition coefficient (Wildman–Crippen LogP) is 2.25. The Bertz CT molecular complexity index is 715. The van der Waals surface area contributed by atoms with Crippen molar-refractivity contribution in [1.29, 1.82) is 0 Å². The normalized spacial score (nSPS) is 20.6. The quantitative estimate of drug-likeness (QED) is 0.893. The number of halogens is 2. The van der Waals surface area contributed by atoms with Crippen molar-refractivity contribution in [2.24, 2.45) is 0 Å². The molecule has 25 heavy (non-hydrogen) atoms. The number of hydrogen-bond donors (Lipinski definition) is 1. The van der Waals surface area contributed by atoms with E-state index in [-0.39, 0.29) is 17.6 Å². The summed E-state index contributed by atoms with van der Waals surface area (Å²) in [6, 6.07) is 1.54. The topological polar surface area (TPSA) is 81.9 Å². The molecule has 0 bridgehead atoms. The van der Waals surface area contributed by atoms with Crippen LogP contribution >= 0.6 is 0 Å². The van der Waals surface area contributed by atoms with Crippen LogP contribution in [-0.2, 0) is 4.74 Å². The van der Waals surface area contributed by atoms with E-state index in [4.69, 9.17) is 0 Å². The summed E-state index contributed by atoms with van der Waals surface area (Å²) in [7, 11) is 0. The molecule has 1 N–H and O–H groups in total. The molecule has 1 amide bonds. The Balaban J connectivity index is 1.62. The van der Waals surface area contributed by atoms with Crippen molar-refractivity contribution >= 4 is 5.91 Å². The Hall–Kier alpha value is -2.42. The molecule has 1 aliphatic rings. The third kappa shape index (κ3) is 4.56. The van der Waals surface area contributed by atoms with E-state index in [0.717, 1.165) is 0 Å². The second kappa shape index (κ2) is 7.64. The zero-order chi connectivity index (χ0) is 17.8. The number of amides is 1. The number of imidazole rings is 1. The largest absolute Gasteiger partial charge is 0.348 e. The molecule has 0 atom stereocenters. The first kappa shape index (κ1) is 17.4. The second-order valence-electron chi connectivity index (χ2n) is 6.01. The summed E-state index contributed by atoms with van der Waals surface area (Å²) in [5.74, 6) is 0.0711. The van der Waals surface area contributed by atoms with Gasteiger partial charge in [-0.1, -0.05) is 0 Å². The summed E-state index contributed by atoms with van der Waals surface area (Å²) in [5, 5.41) is 2.91. The highest BCUT2D eigenvalue weighted by Gasteiger charge is 2.25. The maximum absolute atomic E-state index is 12.5. The zero-order valence-electron chi connectivity index (χ0n) is 13.7. The first-order valence-corrected chi connectivity index (χ1v) is 8.10. The van der Waals surface area contributed by atoms with E-state index in [2.05, 4.69) is 25.0 Å². The molecule has 134 valence electrons. The lowest BCUT2D eigenvalue weighted by Crippen LogP contribution is -2.39. The van der Waals surface area contributed by atoms with Crippen LogP contribution in [0.3, 0.4) is 0 Å². The van der Waals surface area contributed by atoms with Crippen LogP contribution in [0.15, 0.2) is 24.8 Å². The average Bonchev–Trinajstić information content (AvgIpc) is 3.10. The summed E-state index contributed by atoms with van der Waals surface area (Å²) in [6.45, 7) is -0.965. The third-order valence-corrected chi connectivity index (χ3v) is 4.12. The van der Waals surface area contributed by atoms with Crippen LogP contribution in [0.1, 0.15) is 41.9 Å². The molecule has 1 fully saturated rings. The molecule has 0 aliphatic heterocycles. The molecule has 2 aromatic heterocycles. The van der Waals surface area contributed by atoms with Crippen molar-refractivity contribution in [1.82, 2.24) is 24.8 Å². The van der Waals surface area contributed by atoms with Gasteiger partial charge in [-0.05, 0) is 38.7 Å². The van der Waals surface area contributed by atoms with E-state index in [1.165, 1.54) is 0 Å². The minimum absolute atomic E-state index is 0.0722. The molecule has 0 aromatic carbocycles. The number of rotatable bonds is 5. The molecule has 9 heteroatoms. The molecule has 2 heterocycles. The number of nitrogens with one attached hydrogen (secondary N) is 1. The molecule has 0 saturated heterocycles. The van der Waals surface area contributed by atoms with Crippen LogP contribution in [0, 0.1) is 6.92 Å². The molecular weight excluding hydrogens is 332 g/mol. The Morgan fingerprint density at radius 3 is 2.72 bits per heavy atom. The van der Waals surface area contributed by atoms with Crippen molar-refractivity contribution in [3.63, 3.8) is 0 Å². The Morgan fingerprint density at radius 1 is 1.32 bits per heavy atom. The van der Waals surface area contributed by atoms with Gasteiger partial charge < -0.3 is 10.1 Å². The summed E-state index contributed by atoms with van der Waals surface area (Å²) < 4.78 is 30.6. The lowest BCUT2D eigenvalue weighted by molar-refractivity contribution is -0.170. The van der Waals surface area contributed by atoms with Crippen molar-refractivity contribution in [2.45, 2.75) is 51.4 Å². The number of carbonyl (C=O) groups excluding carboxylic acids is 1. The van der Waals surface area contributed by atoms with E-state index in [1.54, 1.807) is 36.3 Å². The smallest absolute Gasteiger partial charge is 0.345 e. The monoisotopic (exact) mass is 351 g/mol. The molecule has 7 nitrogen and oxygen atoms in total. The first-order chi connectivity index (χ1) is 12.0. The Labute approximate surface area is 143 Å². The highest BCUT2D eigenvalue weighted by molar-refractivity contribution is 5.92. The number of aryl methyl sites for hydroxylation is 1. The van der Waals surface area contributed by atoms with E-state index in [9.17, 15) is 13.6 Å². The lowest BCUT2D eigenvalue weighted by Gasteiger charge is -2.28. The Morgan fingerprint density at radius 2 is 2.08 bits per heavy atom. The third-order valence-electron chi connectivity index (χ3n) is 4.12. The van der Waals surface area contributed by atoms with Gasteiger partial charge in [0.1, 0.15) is 12.0 Å². The van der Waals surface area contributed by atoms with Crippen molar-refractivity contribution in [2.75, 3.05) is 0 Å². The fourth-order valence-corrected chi connectivity index (χ4v) is 2.91. The van der Waals surface area contributed by atoms with Crippen LogP contribution in [0.5, 0.6) is 0 Å². The summed E-state index contributed by atoms with van der Waals surface area (Å²) in [6.07, 6.45) is 6.61. The van der Waals surface area contributed by atoms with Gasteiger partial charge in [0.2, 0.25) is 5.95 Å². The molecule has 0 unspecified atom stereocenters. The van der Waals surface area contributed by atoms with Gasteiger partial charge in [-0.25, -0.2) is 15.0 Å². The van der Waals surface area contributed by atoms with Gasteiger partial charge in [0.05, 0.1) is 6.10 Å². The van der Waals surface area contributed by atoms with Gasteiger partial charge in [-0.15, -0.1) is 0 Å². The minimum atomic E-state index is -2.75. The summed E-state index contributed by atoms with van der Waals surface area (Å²) in [5.41, 5.74) is 0.931. The van der Waals surface area contributed by atoms with Gasteiger partial charge >= 0.3 is 6.61 Å². The molecule has 1 saturated carbocycles. The van der Waals surface area contributed by atoms with E-state index in [1.807, 2.05) is 0 Å². The van der Waals surface area contributed by atoms with Crippen LogP contribution in [0.2, 0.25) is 0 Å². The van der Waals surface area contributed by atoms with Crippen molar-refractivity contribution in [3.05, 3.63) is 36.2 Å². The maximum Gasteiger partial charge on any atom is 0.345 e. The fraction of sp³-hybridized carbons (Fsp3) is 0.500. The Kier molecular flexibility index (Phi) is 5.32. The number of nitrogens with zero attached hydrogens (tertiary/aromatic N) is 4. The highest BCUT2D eigenvalue weighted by Crippen LogP contribution is 2.23. The SMILES string of the molecule is Cc1cc(C(=O)N[C@H]2CC[C@H](OC(F)F)CC2)nc(-n2ccnc2)n1. The number of alkyl halides is 2. The number of ether oxygens (including phenoxy) is 1.